The van der Waals surface area contributed by atoms with Crippen LogP contribution in [0, 0.1) is 12.3 Å². The van der Waals surface area contributed by atoms with E-state index >= 15 is 0 Å². The summed E-state index contributed by atoms with van der Waals surface area (Å²) in [7, 11) is 0. The molecule has 0 spiro atoms. The van der Waals surface area contributed by atoms with Crippen molar-refractivity contribution in [3.05, 3.63) is 71.3 Å². The fourth-order valence-corrected chi connectivity index (χ4v) is 3.20. The molecule has 0 aliphatic heterocycles. The van der Waals surface area contributed by atoms with Gasteiger partial charge in [-0.15, -0.1) is 6.42 Å². The Morgan fingerprint density at radius 1 is 0.946 bits per heavy atom. The van der Waals surface area contributed by atoms with Crippen LogP contribution in [0.4, 0.5) is 0 Å². The number of amides is 1. The van der Waals surface area contributed by atoms with E-state index in [1.807, 2.05) is 30.3 Å². The highest BCUT2D eigenvalue weighted by Crippen LogP contribution is 2.24. The predicted molar refractivity (Wildman–Crippen MR) is 142 cm³/mol. The van der Waals surface area contributed by atoms with Gasteiger partial charge in [-0.25, -0.2) is 4.79 Å². The first kappa shape index (κ1) is 29.2. The molecule has 0 aromatic heterocycles. The normalized spacial score (nSPS) is 12.4. The smallest absolute Gasteiger partial charge is 0.329 e. The molecule has 0 saturated heterocycles. The zero-order valence-electron chi connectivity index (χ0n) is 22.3. The van der Waals surface area contributed by atoms with Crippen LogP contribution in [0.2, 0.25) is 0 Å². The molecule has 0 unspecified atom stereocenters. The minimum atomic E-state index is -1.22. The summed E-state index contributed by atoms with van der Waals surface area (Å²) < 4.78 is 16.6. The van der Waals surface area contributed by atoms with Crippen LogP contribution in [-0.4, -0.2) is 35.1 Å². The maximum atomic E-state index is 12.7. The average molecular weight is 506 g/mol. The molecule has 0 saturated carbocycles. The van der Waals surface area contributed by atoms with E-state index in [-0.39, 0.29) is 6.42 Å². The van der Waals surface area contributed by atoms with Crippen molar-refractivity contribution in [2.45, 2.75) is 71.8 Å². The minimum Gasteiger partial charge on any atom is -0.488 e. The first-order chi connectivity index (χ1) is 17.3. The molecule has 0 aliphatic rings. The Hall–Kier alpha value is -4.05. The summed E-state index contributed by atoms with van der Waals surface area (Å²) in [5, 5.41) is 2.54. The van der Waals surface area contributed by atoms with Gasteiger partial charge in [-0.1, -0.05) is 48.4 Å². The van der Waals surface area contributed by atoms with E-state index in [2.05, 4.69) is 11.2 Å². The number of hydrogen-bond donors (Lipinski definition) is 1. The Kier molecular flexibility index (Phi) is 10.1. The van der Waals surface area contributed by atoms with Gasteiger partial charge in [-0.05, 0) is 64.8 Å². The lowest BCUT2D eigenvalue weighted by molar-refractivity contribution is -0.165. The van der Waals surface area contributed by atoms with E-state index in [4.69, 9.17) is 20.6 Å². The molecular weight excluding hydrogens is 470 g/mol. The topological polar surface area (TPSA) is 90.9 Å². The van der Waals surface area contributed by atoms with Gasteiger partial charge in [0.25, 0.3) is 0 Å². The SMILES string of the molecule is C#Cc1c(/C=C/C(=O)N[C@@H](CC(=O)OC(C)(C)C)C(=O)OC(C)(C)C)cccc1OCc1ccccc1. The molecule has 0 heterocycles. The van der Waals surface area contributed by atoms with E-state index in [9.17, 15) is 14.4 Å². The van der Waals surface area contributed by atoms with Crippen molar-refractivity contribution < 1.29 is 28.6 Å². The van der Waals surface area contributed by atoms with Gasteiger partial charge >= 0.3 is 11.9 Å². The molecule has 37 heavy (non-hydrogen) atoms. The predicted octanol–water partition coefficient (Wildman–Crippen LogP) is 4.82. The van der Waals surface area contributed by atoms with Gasteiger partial charge in [-0.2, -0.15) is 0 Å². The number of terminal acetylenes is 1. The van der Waals surface area contributed by atoms with Crippen molar-refractivity contribution in [3.8, 4) is 18.1 Å². The molecule has 7 heteroatoms. The minimum absolute atomic E-state index is 0.339. The standard InChI is InChI=1S/C30H35NO6/c1-8-23-22(15-12-16-25(23)35-20-21-13-10-9-11-14-21)17-18-26(32)31-24(28(34)37-30(5,6)7)19-27(33)36-29(2,3)4/h1,9-18,24H,19-20H2,2-7H3,(H,31,32)/b18-17+/t24-/m0/s1. The maximum absolute atomic E-state index is 12.7. The number of rotatable bonds is 9. The Morgan fingerprint density at radius 2 is 1.59 bits per heavy atom. The first-order valence-corrected chi connectivity index (χ1v) is 12.0. The van der Waals surface area contributed by atoms with Gasteiger partial charge in [-0.3, -0.25) is 9.59 Å². The number of carbonyl (C=O) groups is 3. The zero-order chi connectivity index (χ0) is 27.6. The maximum Gasteiger partial charge on any atom is 0.329 e. The third kappa shape index (κ3) is 10.6. The van der Waals surface area contributed by atoms with Gasteiger partial charge in [0, 0.05) is 6.08 Å². The van der Waals surface area contributed by atoms with Crippen LogP contribution in [0.3, 0.4) is 0 Å². The molecule has 1 N–H and O–H groups in total. The highest BCUT2D eigenvalue weighted by Gasteiger charge is 2.30. The van der Waals surface area contributed by atoms with E-state index < -0.39 is 35.1 Å². The number of benzene rings is 2. The molecule has 196 valence electrons. The molecule has 0 radical (unpaired) electrons. The van der Waals surface area contributed by atoms with E-state index in [1.54, 1.807) is 59.7 Å². The fourth-order valence-electron chi connectivity index (χ4n) is 3.20. The molecule has 2 aromatic carbocycles. The Balaban J connectivity index is 2.16. The van der Waals surface area contributed by atoms with Crippen LogP contribution in [-0.2, 0) is 30.5 Å². The van der Waals surface area contributed by atoms with Crippen molar-refractivity contribution in [2.24, 2.45) is 0 Å². The van der Waals surface area contributed by atoms with Crippen LogP contribution in [0.5, 0.6) is 5.75 Å². The number of hydrogen-bond acceptors (Lipinski definition) is 6. The van der Waals surface area contributed by atoms with E-state index in [0.29, 0.717) is 23.5 Å². The van der Waals surface area contributed by atoms with Gasteiger partial charge in [0.15, 0.2) is 0 Å². The second-order valence-electron chi connectivity index (χ2n) is 10.4. The summed E-state index contributed by atoms with van der Waals surface area (Å²) in [6.45, 7) is 10.6. The molecule has 1 atom stereocenters. The van der Waals surface area contributed by atoms with Gasteiger partial charge < -0.3 is 19.5 Å². The second-order valence-corrected chi connectivity index (χ2v) is 10.4. The largest absolute Gasteiger partial charge is 0.488 e. The number of esters is 2. The van der Waals surface area contributed by atoms with Crippen molar-refractivity contribution in [2.75, 3.05) is 0 Å². The number of ether oxygens (including phenoxy) is 3. The van der Waals surface area contributed by atoms with Crippen LogP contribution in [0.25, 0.3) is 6.08 Å². The van der Waals surface area contributed by atoms with Crippen LogP contribution < -0.4 is 10.1 Å². The lowest BCUT2D eigenvalue weighted by Crippen LogP contribution is -2.45. The number of nitrogens with one attached hydrogen (secondary N) is 1. The highest BCUT2D eigenvalue weighted by atomic mass is 16.6. The summed E-state index contributed by atoms with van der Waals surface area (Å²) in [4.78, 5) is 37.8. The lowest BCUT2D eigenvalue weighted by Gasteiger charge is -2.25. The molecule has 0 fully saturated rings. The monoisotopic (exact) mass is 505 g/mol. The molecule has 2 rings (SSSR count). The summed E-state index contributed by atoms with van der Waals surface area (Å²) in [6.07, 6.45) is 8.13. The summed E-state index contributed by atoms with van der Waals surface area (Å²) in [6, 6.07) is 13.7. The molecule has 0 bridgehead atoms. The van der Waals surface area contributed by atoms with Crippen LogP contribution in [0.15, 0.2) is 54.6 Å². The summed E-state index contributed by atoms with van der Waals surface area (Å²) in [5.41, 5.74) is 0.526. The Labute approximate surface area is 219 Å². The Morgan fingerprint density at radius 3 is 2.19 bits per heavy atom. The van der Waals surface area contributed by atoms with Gasteiger partial charge in [0.1, 0.15) is 29.6 Å². The Bertz CT molecular complexity index is 1160. The van der Waals surface area contributed by atoms with Gasteiger partial charge in [0.2, 0.25) is 5.91 Å². The third-order valence-corrected chi connectivity index (χ3v) is 4.65. The molecule has 2 aromatic rings. The van der Waals surface area contributed by atoms with Crippen molar-refractivity contribution in [1.29, 1.82) is 0 Å². The lowest BCUT2D eigenvalue weighted by atomic mass is 10.1. The quantitative estimate of drug-likeness (QED) is 0.299. The molecule has 7 nitrogen and oxygen atoms in total. The number of carbonyl (C=O) groups excluding carboxylic acids is 3. The highest BCUT2D eigenvalue weighted by molar-refractivity contribution is 5.96. The second kappa shape index (κ2) is 12.8. The molecule has 0 aliphatic carbocycles. The van der Waals surface area contributed by atoms with Crippen LogP contribution in [0.1, 0.15) is 64.7 Å². The average Bonchev–Trinajstić information content (AvgIpc) is 2.79. The van der Waals surface area contributed by atoms with Crippen molar-refractivity contribution in [3.63, 3.8) is 0 Å². The zero-order valence-corrected chi connectivity index (χ0v) is 22.3. The van der Waals surface area contributed by atoms with E-state index in [0.717, 1.165) is 5.56 Å². The van der Waals surface area contributed by atoms with Crippen LogP contribution >= 0.6 is 0 Å². The molecular formula is C30H35NO6. The van der Waals surface area contributed by atoms with Crippen molar-refractivity contribution >= 4 is 23.9 Å². The van der Waals surface area contributed by atoms with Crippen molar-refractivity contribution in [1.82, 2.24) is 5.32 Å². The third-order valence-electron chi connectivity index (χ3n) is 4.65. The summed E-state index contributed by atoms with van der Waals surface area (Å²) >= 11 is 0. The fraction of sp³-hybridized carbons (Fsp3) is 0.367. The van der Waals surface area contributed by atoms with E-state index in [1.165, 1.54) is 12.2 Å². The molecule has 1 amide bonds. The first-order valence-electron chi connectivity index (χ1n) is 12.0. The summed E-state index contributed by atoms with van der Waals surface area (Å²) in [5.74, 6) is 1.15. The van der Waals surface area contributed by atoms with Gasteiger partial charge in [0.05, 0.1) is 12.0 Å².